The Morgan fingerprint density at radius 1 is 1.22 bits per heavy atom. The van der Waals surface area contributed by atoms with Gasteiger partial charge in [-0.1, -0.05) is 11.6 Å². The van der Waals surface area contributed by atoms with Gasteiger partial charge in [0.2, 0.25) is 0 Å². The summed E-state index contributed by atoms with van der Waals surface area (Å²) in [7, 11) is 1.02. The summed E-state index contributed by atoms with van der Waals surface area (Å²) in [5.41, 5.74) is 0. The first-order chi connectivity index (χ1) is 8.29. The van der Waals surface area contributed by atoms with E-state index >= 15 is 0 Å². The molecule has 0 radical (unpaired) electrons. The van der Waals surface area contributed by atoms with Gasteiger partial charge in [0.15, 0.2) is 0 Å². The van der Waals surface area contributed by atoms with Crippen LogP contribution in [0.4, 0.5) is 9.18 Å². The van der Waals surface area contributed by atoms with Crippen LogP contribution >= 0.6 is 23.5 Å². The number of alkyl halides is 1. The van der Waals surface area contributed by atoms with E-state index in [1.165, 1.54) is 13.8 Å². The zero-order chi connectivity index (χ0) is 14.3. The number of nitrogens with zero attached hydrogens (tertiary/aromatic N) is 1. The van der Waals surface area contributed by atoms with Crippen LogP contribution in [0, 0.1) is 0 Å². The van der Waals surface area contributed by atoms with E-state index in [4.69, 9.17) is 11.6 Å². The lowest BCUT2D eigenvalue weighted by molar-refractivity contribution is -0.154. The molecular formula is C9H13ClFNO5S. The quantitative estimate of drug-likeness (QED) is 0.186. The molecule has 1 amide bonds. The smallest absolute Gasteiger partial charge is 0.409 e. The molecule has 0 aliphatic carbocycles. The fraction of sp³-hybridized carbons (Fsp3) is 0.667. The van der Waals surface area contributed by atoms with Crippen molar-refractivity contribution >= 4 is 41.6 Å². The summed E-state index contributed by atoms with van der Waals surface area (Å²) in [5, 5.41) is 0. The van der Waals surface area contributed by atoms with Gasteiger partial charge in [0.25, 0.3) is 0 Å². The Balaban J connectivity index is 5.08. The van der Waals surface area contributed by atoms with E-state index in [2.05, 4.69) is 9.47 Å². The Labute approximate surface area is 113 Å². The summed E-state index contributed by atoms with van der Waals surface area (Å²) < 4.78 is 19.7. The first kappa shape index (κ1) is 17.0. The van der Waals surface area contributed by atoms with Gasteiger partial charge in [0.1, 0.15) is 0 Å². The molecule has 0 aliphatic heterocycles. The van der Waals surface area contributed by atoms with Crippen LogP contribution in [0.25, 0.3) is 0 Å². The number of rotatable bonds is 6. The molecule has 104 valence electrons. The van der Waals surface area contributed by atoms with Crippen molar-refractivity contribution in [3.05, 3.63) is 0 Å². The lowest BCUT2D eigenvalue weighted by Gasteiger charge is -2.24. The Hall–Kier alpha value is -1.02. The fourth-order valence-electron chi connectivity index (χ4n) is 0.830. The molecule has 0 saturated carbocycles. The van der Waals surface area contributed by atoms with Gasteiger partial charge in [-0.15, -0.1) is 4.39 Å². The third-order valence-electron chi connectivity index (χ3n) is 1.59. The molecule has 0 fully saturated rings. The molecule has 9 heteroatoms. The average Bonchev–Trinajstić information content (AvgIpc) is 2.29. The van der Waals surface area contributed by atoms with Crippen molar-refractivity contribution in [3.63, 3.8) is 0 Å². The molecule has 6 nitrogen and oxygen atoms in total. The van der Waals surface area contributed by atoms with Gasteiger partial charge in [-0.2, -0.15) is 0 Å². The zero-order valence-corrected chi connectivity index (χ0v) is 11.6. The predicted octanol–water partition coefficient (Wildman–Crippen LogP) is 1.72. The van der Waals surface area contributed by atoms with Crippen LogP contribution in [0.15, 0.2) is 0 Å². The van der Waals surface area contributed by atoms with Gasteiger partial charge >= 0.3 is 22.3 Å². The molecule has 0 bridgehead atoms. The van der Waals surface area contributed by atoms with Crippen molar-refractivity contribution in [1.82, 2.24) is 4.31 Å². The van der Waals surface area contributed by atoms with Crippen molar-refractivity contribution in [1.29, 1.82) is 0 Å². The fourth-order valence-corrected chi connectivity index (χ4v) is 1.97. The topological polar surface area (TPSA) is 72.9 Å². The molecule has 0 spiro atoms. The largest absolute Gasteiger partial charge is 0.464 e. The summed E-state index contributed by atoms with van der Waals surface area (Å²) in [5.74, 6) is -2.24. The van der Waals surface area contributed by atoms with Crippen LogP contribution in [-0.2, 0) is 19.1 Å². The minimum absolute atomic E-state index is 0.0272. The maximum absolute atomic E-state index is 12.4. The zero-order valence-electron chi connectivity index (χ0n) is 10.1. The lowest BCUT2D eigenvalue weighted by atomic mass is 10.4. The van der Waals surface area contributed by atoms with Crippen LogP contribution in [-0.4, -0.2) is 46.9 Å². The molecule has 0 aromatic heterocycles. The number of hydrogen-bond acceptors (Lipinski definition) is 6. The highest BCUT2D eigenvalue weighted by atomic mass is 35.5. The summed E-state index contributed by atoms with van der Waals surface area (Å²) in [6.07, 6.45) is -1.86. The number of esters is 2. The van der Waals surface area contributed by atoms with Crippen LogP contribution in [0.2, 0.25) is 0 Å². The first-order valence-electron chi connectivity index (χ1n) is 4.95. The number of hydrogen-bond donors (Lipinski definition) is 0. The van der Waals surface area contributed by atoms with Crippen LogP contribution < -0.4 is 0 Å². The Bertz CT molecular complexity index is 323. The van der Waals surface area contributed by atoms with Gasteiger partial charge in [-0.25, -0.2) is 14.4 Å². The molecule has 0 aliphatic rings. The highest BCUT2D eigenvalue weighted by molar-refractivity contribution is 8.01. The average molecular weight is 302 g/mol. The normalized spacial score (nSPS) is 10.7. The second-order valence-corrected chi connectivity index (χ2v) is 5.01. The minimum Gasteiger partial charge on any atom is -0.464 e. The predicted molar refractivity (Wildman–Crippen MR) is 63.7 cm³/mol. The highest BCUT2D eigenvalue weighted by Crippen LogP contribution is 2.35. The van der Waals surface area contributed by atoms with E-state index in [9.17, 15) is 18.8 Å². The van der Waals surface area contributed by atoms with Gasteiger partial charge in [-0.3, -0.25) is 4.31 Å². The molecule has 0 unspecified atom stereocenters. The van der Waals surface area contributed by atoms with E-state index in [0.29, 0.717) is 4.31 Å². The summed E-state index contributed by atoms with van der Waals surface area (Å²) in [4.78, 5) is 33.7. The van der Waals surface area contributed by atoms with Gasteiger partial charge in [-0.05, 0) is 13.8 Å². The summed E-state index contributed by atoms with van der Waals surface area (Å²) in [6.45, 7) is 2.96. The molecule has 18 heavy (non-hydrogen) atoms. The Kier molecular flexibility index (Phi) is 7.00. The molecule has 0 heterocycles. The van der Waals surface area contributed by atoms with E-state index in [0.717, 1.165) is 7.05 Å². The second kappa shape index (κ2) is 7.42. The highest BCUT2D eigenvalue weighted by Gasteiger charge is 2.50. The second-order valence-electron chi connectivity index (χ2n) is 2.88. The third kappa shape index (κ3) is 4.34. The van der Waals surface area contributed by atoms with Crippen molar-refractivity contribution in [2.24, 2.45) is 0 Å². The van der Waals surface area contributed by atoms with Gasteiger partial charge in [0, 0.05) is 19.0 Å². The van der Waals surface area contributed by atoms with Crippen molar-refractivity contribution in [2.45, 2.75) is 18.1 Å². The number of halogens is 2. The molecule has 0 aromatic carbocycles. The van der Waals surface area contributed by atoms with E-state index in [1.54, 1.807) is 0 Å². The van der Waals surface area contributed by atoms with Crippen LogP contribution in [0.1, 0.15) is 13.8 Å². The first-order valence-corrected chi connectivity index (χ1v) is 6.10. The molecule has 0 atom stereocenters. The Morgan fingerprint density at radius 2 is 1.61 bits per heavy atom. The van der Waals surface area contributed by atoms with E-state index < -0.39 is 22.3 Å². The number of carbonyl (C=O) groups is 3. The summed E-state index contributed by atoms with van der Waals surface area (Å²) >= 11 is 5.97. The van der Waals surface area contributed by atoms with E-state index in [-0.39, 0.29) is 25.2 Å². The van der Waals surface area contributed by atoms with Gasteiger partial charge < -0.3 is 9.47 Å². The lowest BCUT2D eigenvalue weighted by Crippen LogP contribution is -2.43. The number of carbonyl (C=O) groups excluding carboxylic acids is 3. The summed E-state index contributed by atoms with van der Waals surface area (Å²) in [6, 6.07) is 0. The van der Waals surface area contributed by atoms with Crippen molar-refractivity contribution in [3.8, 4) is 0 Å². The van der Waals surface area contributed by atoms with Crippen molar-refractivity contribution < 1.29 is 28.2 Å². The molecular weight excluding hydrogens is 289 g/mol. The van der Waals surface area contributed by atoms with E-state index in [1.807, 2.05) is 0 Å². The van der Waals surface area contributed by atoms with Crippen molar-refractivity contribution in [2.75, 3.05) is 20.3 Å². The maximum Gasteiger partial charge on any atom is 0.409 e. The number of amides is 1. The number of ether oxygens (including phenoxy) is 2. The standard InChI is InChI=1S/C9H13ClFNO5S/c1-4-16-6(13)9(10,7(14)17-5-2)18-12(3)8(11)15/h4-5H2,1-3H3. The Morgan fingerprint density at radius 3 is 1.89 bits per heavy atom. The molecule has 0 saturated heterocycles. The van der Waals surface area contributed by atoms with Gasteiger partial charge in [0.05, 0.1) is 13.2 Å². The monoisotopic (exact) mass is 301 g/mol. The van der Waals surface area contributed by atoms with Crippen LogP contribution in [0.5, 0.6) is 0 Å². The molecule has 0 aromatic rings. The molecule has 0 N–H and O–H groups in total. The van der Waals surface area contributed by atoms with Crippen LogP contribution in [0.3, 0.4) is 0 Å². The molecule has 0 rings (SSSR count). The maximum atomic E-state index is 12.4. The SMILES string of the molecule is CCOC(=O)C(Cl)(SN(C)C(=O)F)C(=O)OCC. The minimum atomic E-state index is -2.34. The third-order valence-corrected chi connectivity index (χ3v) is 3.10.